The Bertz CT molecular complexity index is 894. The van der Waals surface area contributed by atoms with E-state index in [1.165, 1.54) is 12.1 Å². The lowest BCUT2D eigenvalue weighted by molar-refractivity contribution is 0.269. The lowest BCUT2D eigenvalue weighted by atomic mass is 10.3. The van der Waals surface area contributed by atoms with Gasteiger partial charge in [0.15, 0.2) is 5.11 Å². The van der Waals surface area contributed by atoms with Gasteiger partial charge in [0.1, 0.15) is 5.82 Å². The molecule has 0 atom stereocenters. The van der Waals surface area contributed by atoms with Crippen LogP contribution in [0.1, 0.15) is 12.2 Å². The molecule has 3 rings (SSSR count). The summed E-state index contributed by atoms with van der Waals surface area (Å²) in [5.41, 5.74) is 0.738. The fourth-order valence-electron chi connectivity index (χ4n) is 3.01. The molecular formula is C17H24N6O2S2. The number of nitrogens with two attached hydrogens (primary N) is 1. The summed E-state index contributed by atoms with van der Waals surface area (Å²) in [7, 11) is -1.68. The summed E-state index contributed by atoms with van der Waals surface area (Å²) in [6.45, 7) is 4.42. The van der Waals surface area contributed by atoms with Crippen LogP contribution in [-0.2, 0) is 23.6 Å². The number of thiocarbonyl (C=S) groups is 1. The van der Waals surface area contributed by atoms with E-state index >= 15 is 0 Å². The third-order valence-electron chi connectivity index (χ3n) is 4.60. The van der Waals surface area contributed by atoms with Crippen LogP contribution in [0.4, 0.5) is 5.69 Å². The first kappa shape index (κ1) is 19.7. The molecule has 0 aliphatic carbocycles. The Morgan fingerprint density at radius 3 is 2.59 bits per heavy atom. The molecule has 0 bridgehead atoms. The molecule has 3 N–H and O–H groups in total. The highest BCUT2D eigenvalue weighted by atomic mass is 32.2. The van der Waals surface area contributed by atoms with Gasteiger partial charge in [-0.3, -0.25) is 4.90 Å². The minimum Gasteiger partial charge on any atom is -0.348 e. The summed E-state index contributed by atoms with van der Waals surface area (Å²) in [6, 6.07) is 6.27. The molecule has 0 spiro atoms. The Kier molecular flexibility index (Phi) is 6.10. The normalized spacial score (nSPS) is 16.1. The smallest absolute Gasteiger partial charge is 0.238 e. The second-order valence-corrected chi connectivity index (χ2v) is 8.52. The quantitative estimate of drug-likeness (QED) is 0.728. The van der Waals surface area contributed by atoms with Gasteiger partial charge in [0.25, 0.3) is 0 Å². The van der Waals surface area contributed by atoms with Crippen molar-refractivity contribution in [3.8, 4) is 0 Å². The third kappa shape index (κ3) is 5.25. The average molecular weight is 409 g/mol. The molecule has 0 amide bonds. The summed E-state index contributed by atoms with van der Waals surface area (Å²) in [6.07, 6.45) is 4.79. The van der Waals surface area contributed by atoms with Crippen LogP contribution in [0.15, 0.2) is 41.6 Å². The molecule has 0 unspecified atom stereocenters. The van der Waals surface area contributed by atoms with Gasteiger partial charge in [-0.15, -0.1) is 0 Å². The maximum atomic E-state index is 11.3. The van der Waals surface area contributed by atoms with E-state index in [9.17, 15) is 8.42 Å². The zero-order chi connectivity index (χ0) is 19.4. The van der Waals surface area contributed by atoms with Gasteiger partial charge in [0.2, 0.25) is 10.0 Å². The Balaban J connectivity index is 1.55. The first-order chi connectivity index (χ1) is 12.8. The molecule has 1 aliphatic rings. The number of sulfonamides is 1. The van der Waals surface area contributed by atoms with E-state index in [4.69, 9.17) is 17.4 Å². The van der Waals surface area contributed by atoms with Crippen LogP contribution in [0, 0.1) is 0 Å². The summed E-state index contributed by atoms with van der Waals surface area (Å²) < 4.78 is 24.7. The Hall–Kier alpha value is -2.01. The number of imidazole rings is 1. The third-order valence-corrected chi connectivity index (χ3v) is 5.89. The molecule has 1 saturated heterocycles. The van der Waals surface area contributed by atoms with Gasteiger partial charge >= 0.3 is 0 Å². The van der Waals surface area contributed by atoms with Gasteiger partial charge in [-0.25, -0.2) is 18.5 Å². The van der Waals surface area contributed by atoms with E-state index in [1.54, 1.807) is 12.1 Å². The van der Waals surface area contributed by atoms with Crippen molar-refractivity contribution in [1.82, 2.24) is 19.4 Å². The number of rotatable bonds is 4. The number of aromatic nitrogens is 2. The highest BCUT2D eigenvalue weighted by molar-refractivity contribution is 7.89. The fraction of sp³-hybridized carbons (Fsp3) is 0.412. The van der Waals surface area contributed by atoms with E-state index in [-0.39, 0.29) is 4.90 Å². The molecule has 146 valence electrons. The molecule has 2 heterocycles. The minimum absolute atomic E-state index is 0.0821. The number of nitrogens with one attached hydrogen (secondary N) is 1. The van der Waals surface area contributed by atoms with Crippen LogP contribution in [0.3, 0.4) is 0 Å². The number of benzene rings is 1. The minimum atomic E-state index is -3.69. The highest BCUT2D eigenvalue weighted by Crippen LogP contribution is 2.14. The molecule has 0 radical (unpaired) electrons. The van der Waals surface area contributed by atoms with Crippen molar-refractivity contribution < 1.29 is 8.42 Å². The summed E-state index contributed by atoms with van der Waals surface area (Å²) in [5.74, 6) is 1.05. The van der Waals surface area contributed by atoms with Crippen LogP contribution in [0.2, 0.25) is 0 Å². The van der Waals surface area contributed by atoms with Gasteiger partial charge < -0.3 is 14.8 Å². The average Bonchev–Trinajstić information content (AvgIpc) is 2.88. The van der Waals surface area contributed by atoms with Crippen molar-refractivity contribution >= 4 is 33.0 Å². The second kappa shape index (κ2) is 8.34. The highest BCUT2D eigenvalue weighted by Gasteiger charge is 2.18. The molecule has 27 heavy (non-hydrogen) atoms. The van der Waals surface area contributed by atoms with E-state index in [2.05, 4.69) is 20.1 Å². The Labute approximate surface area is 165 Å². The summed E-state index contributed by atoms with van der Waals surface area (Å²) >= 11 is 5.53. The number of anilines is 1. The van der Waals surface area contributed by atoms with Gasteiger partial charge in [0, 0.05) is 51.3 Å². The molecular weight excluding hydrogens is 384 g/mol. The maximum absolute atomic E-state index is 11.3. The van der Waals surface area contributed by atoms with Gasteiger partial charge in [-0.05, 0) is 42.9 Å². The predicted octanol–water partition coefficient (Wildman–Crippen LogP) is 0.972. The predicted molar refractivity (Wildman–Crippen MR) is 109 cm³/mol. The second-order valence-electron chi connectivity index (χ2n) is 6.57. The number of hydrogen-bond donors (Lipinski definition) is 2. The summed E-state index contributed by atoms with van der Waals surface area (Å²) in [5, 5.41) is 8.93. The molecule has 10 heteroatoms. The van der Waals surface area contributed by atoms with Crippen molar-refractivity contribution in [3.63, 3.8) is 0 Å². The van der Waals surface area contributed by atoms with Crippen molar-refractivity contribution in [1.29, 1.82) is 0 Å². The van der Waals surface area contributed by atoms with Crippen molar-refractivity contribution in [3.05, 3.63) is 42.5 Å². The van der Waals surface area contributed by atoms with Crippen molar-refractivity contribution in [2.24, 2.45) is 12.2 Å². The van der Waals surface area contributed by atoms with E-state index < -0.39 is 10.0 Å². The lowest BCUT2D eigenvalue weighted by Gasteiger charge is -2.24. The molecule has 1 fully saturated rings. The molecule has 1 aromatic carbocycles. The fourth-order valence-corrected chi connectivity index (χ4v) is 3.83. The van der Waals surface area contributed by atoms with Gasteiger partial charge in [-0.1, -0.05) is 0 Å². The first-order valence-electron chi connectivity index (χ1n) is 8.70. The van der Waals surface area contributed by atoms with Crippen LogP contribution >= 0.6 is 12.2 Å². The maximum Gasteiger partial charge on any atom is 0.238 e. The molecule has 1 aromatic heterocycles. The lowest BCUT2D eigenvalue weighted by Crippen LogP contribution is -2.37. The SMILES string of the molecule is Cn1ccnc1CN1CCCN(C(=S)Nc2ccc(S(N)(=O)=O)cc2)CC1. The monoisotopic (exact) mass is 408 g/mol. The first-order valence-corrected chi connectivity index (χ1v) is 10.7. The van der Waals surface area contributed by atoms with E-state index in [1.807, 2.05) is 24.0 Å². The number of nitrogens with zero attached hydrogens (tertiary/aromatic N) is 4. The van der Waals surface area contributed by atoms with Crippen molar-refractivity contribution in [2.75, 3.05) is 31.5 Å². The molecule has 2 aromatic rings. The molecule has 8 nitrogen and oxygen atoms in total. The molecule has 1 aliphatic heterocycles. The largest absolute Gasteiger partial charge is 0.348 e. The topological polar surface area (TPSA) is 96.5 Å². The van der Waals surface area contributed by atoms with Gasteiger partial charge in [0.05, 0.1) is 11.4 Å². The molecule has 0 saturated carbocycles. The van der Waals surface area contributed by atoms with Crippen LogP contribution in [-0.4, -0.2) is 59.1 Å². The van der Waals surface area contributed by atoms with E-state index in [0.29, 0.717) is 5.11 Å². The Morgan fingerprint density at radius 1 is 1.22 bits per heavy atom. The standard InChI is InChI=1S/C17H24N6O2S2/c1-21-10-7-19-16(21)13-22-8-2-9-23(12-11-22)17(26)20-14-3-5-15(6-4-14)27(18,24)25/h3-7,10H,2,8-9,11-13H2,1H3,(H,20,26)(H2,18,24,25). The van der Waals surface area contributed by atoms with Crippen LogP contribution < -0.4 is 10.5 Å². The zero-order valence-electron chi connectivity index (χ0n) is 15.2. The number of hydrogen-bond acceptors (Lipinski definition) is 5. The summed E-state index contributed by atoms with van der Waals surface area (Å²) in [4.78, 5) is 9.00. The van der Waals surface area contributed by atoms with Gasteiger partial charge in [-0.2, -0.15) is 0 Å². The van der Waals surface area contributed by atoms with Crippen molar-refractivity contribution in [2.45, 2.75) is 17.9 Å². The van der Waals surface area contributed by atoms with Crippen LogP contribution in [0.5, 0.6) is 0 Å². The number of primary sulfonamides is 1. The number of aryl methyl sites for hydroxylation is 1. The Morgan fingerprint density at radius 2 is 1.96 bits per heavy atom. The van der Waals surface area contributed by atoms with Crippen LogP contribution in [0.25, 0.3) is 0 Å². The van der Waals surface area contributed by atoms with E-state index in [0.717, 1.165) is 50.7 Å². The zero-order valence-corrected chi connectivity index (χ0v) is 16.8.